The summed E-state index contributed by atoms with van der Waals surface area (Å²) in [6.45, 7) is 2.40. The Bertz CT molecular complexity index is 1070. The van der Waals surface area contributed by atoms with Crippen molar-refractivity contribution < 1.29 is 27.8 Å². The molecular weight excluding hydrogens is 484 g/mol. The lowest BCUT2D eigenvalue weighted by Gasteiger charge is -2.21. The Hall–Kier alpha value is -2.58. The summed E-state index contributed by atoms with van der Waals surface area (Å²) in [6, 6.07) is 13.3. The number of likely N-dealkylation sites (tertiary alicyclic amines) is 1. The third-order valence-electron chi connectivity index (χ3n) is 6.92. The average molecular weight is 518 g/mol. The van der Waals surface area contributed by atoms with E-state index < -0.39 is 30.3 Å². The Morgan fingerprint density at radius 3 is 2.72 bits per heavy atom. The molecule has 3 heterocycles. The van der Waals surface area contributed by atoms with E-state index in [0.29, 0.717) is 23.6 Å². The number of epoxide rings is 1. The van der Waals surface area contributed by atoms with Gasteiger partial charge in [-0.15, -0.1) is 11.3 Å². The molecule has 0 spiro atoms. The smallest absolute Gasteiger partial charge is 0.348 e. The first-order valence-electron chi connectivity index (χ1n) is 12.5. The number of amides is 1. The quantitative estimate of drug-likeness (QED) is 0.206. The Morgan fingerprint density at radius 2 is 1.97 bits per heavy atom. The highest BCUT2D eigenvalue weighted by Gasteiger charge is 2.52. The van der Waals surface area contributed by atoms with E-state index in [4.69, 9.17) is 9.47 Å². The summed E-state index contributed by atoms with van der Waals surface area (Å²) in [5.41, 5.74) is 1.33. The third-order valence-corrected chi connectivity index (χ3v) is 8.05. The van der Waals surface area contributed by atoms with Crippen molar-refractivity contribution in [1.82, 2.24) is 4.90 Å². The minimum Gasteiger partial charge on any atom is -0.465 e. The van der Waals surface area contributed by atoms with Gasteiger partial charge in [0.25, 0.3) is 5.91 Å². The molecule has 1 aromatic heterocycles. The molecule has 2 unspecified atom stereocenters. The molecule has 2 aromatic rings. The monoisotopic (exact) mass is 517 g/mol. The van der Waals surface area contributed by atoms with Gasteiger partial charge in [-0.25, -0.2) is 4.79 Å². The second-order valence-corrected chi connectivity index (χ2v) is 10.8. The highest BCUT2D eigenvalue weighted by atomic mass is 32.1. The van der Waals surface area contributed by atoms with Gasteiger partial charge >= 0.3 is 11.9 Å². The summed E-state index contributed by atoms with van der Waals surface area (Å²) < 4.78 is 39.0. The zero-order valence-corrected chi connectivity index (χ0v) is 21.5. The Labute approximate surface area is 215 Å². The SMILES string of the molecule is COC(=O)c1ccc(CCCN2C(=O)C(F)(F)C[C@@H]2/C=C/C2OC2[C@@H](C)CCCc2ccccc2)s1. The summed E-state index contributed by atoms with van der Waals surface area (Å²) in [4.78, 5) is 26.7. The summed E-state index contributed by atoms with van der Waals surface area (Å²) in [5.74, 6) is -4.46. The van der Waals surface area contributed by atoms with E-state index in [1.807, 2.05) is 30.3 Å². The molecule has 2 saturated heterocycles. The number of methoxy groups -OCH3 is 1. The topological polar surface area (TPSA) is 59.1 Å². The number of carbonyl (C=O) groups excluding carboxylic acids is 2. The summed E-state index contributed by atoms with van der Waals surface area (Å²) >= 11 is 1.32. The number of hydrogen-bond acceptors (Lipinski definition) is 5. The van der Waals surface area contributed by atoms with Crippen LogP contribution in [0.25, 0.3) is 0 Å². The van der Waals surface area contributed by atoms with Crippen LogP contribution in [0.5, 0.6) is 0 Å². The Balaban J connectivity index is 1.25. The zero-order chi connectivity index (χ0) is 25.7. The molecule has 1 amide bonds. The van der Waals surface area contributed by atoms with Crippen LogP contribution in [0, 0.1) is 5.92 Å². The van der Waals surface area contributed by atoms with Crippen LogP contribution in [-0.4, -0.2) is 54.6 Å². The van der Waals surface area contributed by atoms with E-state index in [1.54, 1.807) is 12.1 Å². The molecule has 0 bridgehead atoms. The van der Waals surface area contributed by atoms with Crippen LogP contribution in [0.4, 0.5) is 8.78 Å². The first-order valence-corrected chi connectivity index (χ1v) is 13.3. The van der Waals surface area contributed by atoms with Gasteiger partial charge in [-0.05, 0) is 55.7 Å². The van der Waals surface area contributed by atoms with Crippen molar-refractivity contribution >= 4 is 23.2 Å². The van der Waals surface area contributed by atoms with Crippen molar-refractivity contribution in [2.45, 2.75) is 69.6 Å². The molecule has 2 aliphatic rings. The number of benzene rings is 1. The molecule has 0 saturated carbocycles. The summed E-state index contributed by atoms with van der Waals surface area (Å²) in [6.07, 6.45) is 7.38. The van der Waals surface area contributed by atoms with Crippen molar-refractivity contribution in [3.05, 3.63) is 69.9 Å². The lowest BCUT2D eigenvalue weighted by molar-refractivity contribution is -0.148. The lowest BCUT2D eigenvalue weighted by Crippen LogP contribution is -2.36. The molecule has 5 nitrogen and oxygen atoms in total. The summed E-state index contributed by atoms with van der Waals surface area (Å²) in [5, 5.41) is 0. The number of thiophene rings is 1. The van der Waals surface area contributed by atoms with Gasteiger partial charge in [0.2, 0.25) is 0 Å². The van der Waals surface area contributed by atoms with E-state index in [0.717, 1.165) is 24.1 Å². The van der Waals surface area contributed by atoms with Crippen LogP contribution in [-0.2, 0) is 27.1 Å². The molecule has 36 heavy (non-hydrogen) atoms. The molecule has 4 rings (SSSR count). The fraction of sp³-hybridized carbons (Fsp3) is 0.500. The van der Waals surface area contributed by atoms with Crippen LogP contribution < -0.4 is 0 Å². The van der Waals surface area contributed by atoms with Gasteiger partial charge in [0.05, 0.1) is 19.3 Å². The second-order valence-electron chi connectivity index (χ2n) is 9.64. The Kier molecular flexibility index (Phi) is 8.57. The number of halogens is 2. The van der Waals surface area contributed by atoms with Crippen molar-refractivity contribution in [2.75, 3.05) is 13.7 Å². The number of nitrogens with zero attached hydrogens (tertiary/aromatic N) is 1. The molecule has 1 aromatic carbocycles. The largest absolute Gasteiger partial charge is 0.465 e. The number of carbonyl (C=O) groups is 2. The molecule has 4 atom stereocenters. The van der Waals surface area contributed by atoms with E-state index in [1.165, 1.54) is 28.9 Å². The Morgan fingerprint density at radius 1 is 1.19 bits per heavy atom. The normalized spacial score (nSPS) is 23.8. The van der Waals surface area contributed by atoms with Crippen molar-refractivity contribution in [2.24, 2.45) is 5.92 Å². The molecule has 0 radical (unpaired) electrons. The third kappa shape index (κ3) is 6.59. The molecular formula is C28H33F2NO4S. The van der Waals surface area contributed by atoms with Crippen molar-refractivity contribution in [1.29, 1.82) is 0 Å². The number of hydrogen-bond donors (Lipinski definition) is 0. The van der Waals surface area contributed by atoms with Gasteiger partial charge in [-0.3, -0.25) is 4.79 Å². The zero-order valence-electron chi connectivity index (χ0n) is 20.7. The van der Waals surface area contributed by atoms with Crippen molar-refractivity contribution in [3.63, 3.8) is 0 Å². The fourth-order valence-corrected chi connectivity index (χ4v) is 5.80. The van der Waals surface area contributed by atoms with E-state index in [9.17, 15) is 18.4 Å². The highest BCUT2D eigenvalue weighted by molar-refractivity contribution is 7.13. The lowest BCUT2D eigenvalue weighted by atomic mass is 9.96. The number of aryl methyl sites for hydroxylation is 2. The van der Waals surface area contributed by atoms with Gasteiger partial charge in [-0.1, -0.05) is 49.4 Å². The maximum absolute atomic E-state index is 14.2. The minimum absolute atomic E-state index is 0.0780. The molecule has 0 aliphatic carbocycles. The first kappa shape index (κ1) is 26.5. The van der Waals surface area contributed by atoms with Crippen LogP contribution in [0.1, 0.15) is 52.7 Å². The number of alkyl halides is 2. The van der Waals surface area contributed by atoms with Crippen LogP contribution in [0.15, 0.2) is 54.6 Å². The molecule has 8 heteroatoms. The van der Waals surface area contributed by atoms with Crippen LogP contribution in [0.3, 0.4) is 0 Å². The molecule has 2 fully saturated rings. The molecule has 0 N–H and O–H groups in total. The molecule has 194 valence electrons. The predicted octanol–water partition coefficient (Wildman–Crippen LogP) is 5.69. The van der Waals surface area contributed by atoms with Gasteiger partial charge in [-0.2, -0.15) is 8.78 Å². The number of ether oxygens (including phenoxy) is 2. The maximum Gasteiger partial charge on any atom is 0.348 e. The molecule has 2 aliphatic heterocycles. The number of rotatable bonds is 12. The predicted molar refractivity (Wildman–Crippen MR) is 135 cm³/mol. The fourth-order valence-electron chi connectivity index (χ4n) is 4.83. The number of esters is 1. The van der Waals surface area contributed by atoms with E-state index in [-0.39, 0.29) is 18.8 Å². The second kappa shape index (κ2) is 11.6. The summed E-state index contributed by atoms with van der Waals surface area (Å²) in [7, 11) is 1.33. The van der Waals surface area contributed by atoms with Gasteiger partial charge < -0.3 is 14.4 Å². The van der Waals surface area contributed by atoms with Crippen molar-refractivity contribution in [3.8, 4) is 0 Å². The standard InChI is InChI=1S/C28H33F2NO4S/c1-19(8-6-11-20-9-4-3-5-10-20)25-23(35-25)15-13-21-18-28(29,30)27(33)31(21)17-7-12-22-14-16-24(36-22)26(32)34-2/h3-5,9-10,13-16,19,21,23,25H,6-8,11-12,17-18H2,1-2H3/b15-13+/t19-,21-,23?,25?/m0/s1. The maximum atomic E-state index is 14.2. The van der Waals surface area contributed by atoms with Crippen LogP contribution >= 0.6 is 11.3 Å². The van der Waals surface area contributed by atoms with Gasteiger partial charge in [0.15, 0.2) is 0 Å². The van der Waals surface area contributed by atoms with E-state index in [2.05, 4.69) is 19.1 Å². The highest BCUT2D eigenvalue weighted by Crippen LogP contribution is 2.37. The average Bonchev–Trinajstić information content (AvgIpc) is 3.44. The van der Waals surface area contributed by atoms with E-state index >= 15 is 0 Å². The first-order chi connectivity index (χ1) is 17.3. The minimum atomic E-state index is -3.34. The van der Waals surface area contributed by atoms with Gasteiger partial charge in [0.1, 0.15) is 11.0 Å². The van der Waals surface area contributed by atoms with Crippen LogP contribution in [0.2, 0.25) is 0 Å². The van der Waals surface area contributed by atoms with Gasteiger partial charge in [0, 0.05) is 17.8 Å².